The third-order valence-electron chi connectivity index (χ3n) is 4.27. The average molecular weight is 326 g/mol. The van der Waals surface area contributed by atoms with Crippen molar-refractivity contribution >= 4 is 10.1 Å². The van der Waals surface area contributed by atoms with Gasteiger partial charge in [0, 0.05) is 6.42 Å². The summed E-state index contributed by atoms with van der Waals surface area (Å²) >= 11 is 0. The average Bonchev–Trinajstić information content (AvgIpc) is 2.51. The summed E-state index contributed by atoms with van der Waals surface area (Å²) in [5.74, 6) is -0.895. The van der Waals surface area contributed by atoms with Crippen LogP contribution in [-0.2, 0) is 23.8 Å². The fourth-order valence-corrected chi connectivity index (χ4v) is 4.15. The van der Waals surface area contributed by atoms with Crippen LogP contribution in [0.25, 0.3) is 0 Å². The second kappa shape index (κ2) is 6.28. The second-order valence-corrected chi connectivity index (χ2v) is 7.53. The normalized spacial score (nSPS) is 29.6. The molecule has 1 aromatic rings. The Morgan fingerprint density at radius 2 is 1.77 bits per heavy atom. The van der Waals surface area contributed by atoms with Gasteiger partial charge >= 0.3 is 0 Å². The number of aryl methyl sites for hydroxylation is 1. The minimum absolute atomic E-state index is 0.176. The summed E-state index contributed by atoms with van der Waals surface area (Å²) in [7, 11) is -3.81. The monoisotopic (exact) mass is 326 g/mol. The third kappa shape index (κ3) is 3.20. The standard InChI is InChI=1S/C16H22O5S/c1-13-6-8-14(9-7-13)22(17,18)21-15-5-4-12-20-16(15)10-2-3-11-19-16/h6-9,15H,2-5,10-12H2,1H3. The Kier molecular flexibility index (Phi) is 4.54. The second-order valence-electron chi connectivity index (χ2n) is 5.96. The van der Waals surface area contributed by atoms with E-state index in [0.29, 0.717) is 26.1 Å². The molecule has 2 unspecified atom stereocenters. The molecule has 0 aliphatic carbocycles. The molecular formula is C16H22O5S. The summed E-state index contributed by atoms with van der Waals surface area (Å²) in [5, 5.41) is 0. The van der Waals surface area contributed by atoms with Crippen molar-refractivity contribution in [1.82, 2.24) is 0 Å². The van der Waals surface area contributed by atoms with Crippen molar-refractivity contribution in [2.45, 2.75) is 55.8 Å². The highest BCUT2D eigenvalue weighted by Crippen LogP contribution is 2.38. The van der Waals surface area contributed by atoms with E-state index in [-0.39, 0.29) is 4.90 Å². The zero-order chi connectivity index (χ0) is 15.6. The molecule has 2 saturated heterocycles. The van der Waals surface area contributed by atoms with Crippen LogP contribution in [0.3, 0.4) is 0 Å². The van der Waals surface area contributed by atoms with E-state index in [2.05, 4.69) is 0 Å². The Hall–Kier alpha value is -0.950. The van der Waals surface area contributed by atoms with Gasteiger partial charge in [-0.3, -0.25) is 4.18 Å². The Morgan fingerprint density at radius 3 is 2.45 bits per heavy atom. The minimum atomic E-state index is -3.81. The van der Waals surface area contributed by atoms with Gasteiger partial charge in [-0.15, -0.1) is 0 Å². The zero-order valence-corrected chi connectivity index (χ0v) is 13.6. The van der Waals surface area contributed by atoms with Crippen molar-refractivity contribution in [3.63, 3.8) is 0 Å². The quantitative estimate of drug-likeness (QED) is 0.799. The Balaban J connectivity index is 1.81. The number of benzene rings is 1. The number of hydrogen-bond donors (Lipinski definition) is 0. The topological polar surface area (TPSA) is 61.8 Å². The highest BCUT2D eigenvalue weighted by molar-refractivity contribution is 7.86. The first-order valence-electron chi connectivity index (χ1n) is 7.80. The molecule has 0 amide bonds. The molecule has 22 heavy (non-hydrogen) atoms. The molecular weight excluding hydrogens is 304 g/mol. The first kappa shape index (κ1) is 15.9. The predicted molar refractivity (Wildman–Crippen MR) is 81.0 cm³/mol. The van der Waals surface area contributed by atoms with Gasteiger partial charge in [0.1, 0.15) is 6.10 Å². The van der Waals surface area contributed by atoms with Crippen molar-refractivity contribution in [3.05, 3.63) is 29.8 Å². The van der Waals surface area contributed by atoms with Crippen LogP contribution >= 0.6 is 0 Å². The molecule has 1 aromatic carbocycles. The van der Waals surface area contributed by atoms with Crippen molar-refractivity contribution in [2.75, 3.05) is 13.2 Å². The predicted octanol–water partition coefficient (Wildman–Crippen LogP) is 2.78. The third-order valence-corrected chi connectivity index (χ3v) is 5.60. The van der Waals surface area contributed by atoms with Gasteiger partial charge in [-0.2, -0.15) is 8.42 Å². The Labute approximate surface area is 131 Å². The number of rotatable bonds is 3. The van der Waals surface area contributed by atoms with Crippen LogP contribution < -0.4 is 0 Å². The molecule has 0 aromatic heterocycles. The molecule has 2 aliphatic heterocycles. The SMILES string of the molecule is Cc1ccc(S(=O)(=O)OC2CCCOC23CCCCO3)cc1. The van der Waals surface area contributed by atoms with Crippen molar-refractivity contribution in [3.8, 4) is 0 Å². The maximum atomic E-state index is 12.5. The summed E-state index contributed by atoms with van der Waals surface area (Å²) in [6.45, 7) is 3.09. The molecule has 0 bridgehead atoms. The van der Waals surface area contributed by atoms with Crippen LogP contribution in [0.5, 0.6) is 0 Å². The van der Waals surface area contributed by atoms with Gasteiger partial charge in [0.25, 0.3) is 10.1 Å². The van der Waals surface area contributed by atoms with Gasteiger partial charge in [-0.1, -0.05) is 17.7 Å². The zero-order valence-electron chi connectivity index (χ0n) is 12.8. The van der Waals surface area contributed by atoms with Gasteiger partial charge < -0.3 is 9.47 Å². The van der Waals surface area contributed by atoms with E-state index in [1.807, 2.05) is 6.92 Å². The van der Waals surface area contributed by atoms with Crippen LogP contribution in [0.15, 0.2) is 29.2 Å². The van der Waals surface area contributed by atoms with Crippen molar-refractivity contribution in [1.29, 1.82) is 0 Å². The molecule has 0 saturated carbocycles. The van der Waals surface area contributed by atoms with Gasteiger partial charge in [-0.05, 0) is 44.7 Å². The molecule has 122 valence electrons. The summed E-state index contributed by atoms with van der Waals surface area (Å²) < 4.78 is 42.1. The lowest BCUT2D eigenvalue weighted by atomic mass is 9.94. The smallest absolute Gasteiger partial charge is 0.297 e. The summed E-state index contributed by atoms with van der Waals surface area (Å²) in [6.07, 6.45) is 3.45. The summed E-state index contributed by atoms with van der Waals surface area (Å²) in [6, 6.07) is 6.67. The van der Waals surface area contributed by atoms with Crippen molar-refractivity contribution < 1.29 is 22.1 Å². The molecule has 1 spiro atoms. The van der Waals surface area contributed by atoms with Gasteiger partial charge in [-0.25, -0.2) is 0 Å². The molecule has 2 fully saturated rings. The van der Waals surface area contributed by atoms with E-state index >= 15 is 0 Å². The molecule has 2 atom stereocenters. The highest BCUT2D eigenvalue weighted by atomic mass is 32.2. The number of hydrogen-bond acceptors (Lipinski definition) is 5. The van der Waals surface area contributed by atoms with Crippen LogP contribution in [-0.4, -0.2) is 33.5 Å². The van der Waals surface area contributed by atoms with E-state index < -0.39 is 22.0 Å². The summed E-state index contributed by atoms with van der Waals surface area (Å²) in [5.41, 5.74) is 1.01. The molecule has 2 heterocycles. The molecule has 3 rings (SSSR count). The van der Waals surface area contributed by atoms with E-state index in [4.69, 9.17) is 13.7 Å². The fourth-order valence-electron chi connectivity index (χ4n) is 3.02. The first-order chi connectivity index (χ1) is 10.5. The van der Waals surface area contributed by atoms with E-state index in [1.54, 1.807) is 24.3 Å². The van der Waals surface area contributed by atoms with Gasteiger partial charge in [0.15, 0.2) is 5.79 Å². The van der Waals surface area contributed by atoms with Crippen LogP contribution in [0.1, 0.15) is 37.7 Å². The number of ether oxygens (including phenoxy) is 2. The lowest BCUT2D eigenvalue weighted by Crippen LogP contribution is -2.54. The molecule has 5 nitrogen and oxygen atoms in total. The largest absolute Gasteiger partial charge is 0.347 e. The maximum Gasteiger partial charge on any atom is 0.297 e. The lowest BCUT2D eigenvalue weighted by molar-refractivity contribution is -0.308. The maximum absolute atomic E-state index is 12.5. The minimum Gasteiger partial charge on any atom is -0.347 e. The van der Waals surface area contributed by atoms with Gasteiger partial charge in [0.05, 0.1) is 18.1 Å². The summed E-state index contributed by atoms with van der Waals surface area (Å²) in [4.78, 5) is 0.176. The molecule has 0 N–H and O–H groups in total. The van der Waals surface area contributed by atoms with Crippen LogP contribution in [0.4, 0.5) is 0 Å². The molecule has 0 radical (unpaired) electrons. The van der Waals surface area contributed by atoms with E-state index in [1.165, 1.54) is 0 Å². The van der Waals surface area contributed by atoms with Crippen LogP contribution in [0.2, 0.25) is 0 Å². The fraction of sp³-hybridized carbons (Fsp3) is 0.625. The van der Waals surface area contributed by atoms with E-state index in [0.717, 1.165) is 24.8 Å². The van der Waals surface area contributed by atoms with E-state index in [9.17, 15) is 8.42 Å². The van der Waals surface area contributed by atoms with Crippen molar-refractivity contribution in [2.24, 2.45) is 0 Å². The molecule has 6 heteroatoms. The van der Waals surface area contributed by atoms with Gasteiger partial charge in [0.2, 0.25) is 0 Å². The molecule has 2 aliphatic rings. The highest BCUT2D eigenvalue weighted by Gasteiger charge is 2.47. The Bertz CT molecular complexity index is 594. The lowest BCUT2D eigenvalue weighted by Gasteiger charge is -2.44. The first-order valence-corrected chi connectivity index (χ1v) is 9.21. The van der Waals surface area contributed by atoms with Crippen LogP contribution in [0, 0.1) is 6.92 Å². The Morgan fingerprint density at radius 1 is 1.09 bits per heavy atom.